The van der Waals surface area contributed by atoms with Crippen LogP contribution in [0.25, 0.3) is 0 Å². The smallest absolute Gasteiger partial charge is 0.348 e. The third kappa shape index (κ3) is 2.69. The van der Waals surface area contributed by atoms with Crippen LogP contribution in [0.5, 0.6) is 0 Å². The van der Waals surface area contributed by atoms with Crippen LogP contribution in [0, 0.1) is 20.8 Å². The van der Waals surface area contributed by atoms with Crippen LogP contribution in [0.4, 0.5) is 5.69 Å². The molecule has 1 amide bonds. The Bertz CT molecular complexity index is 635. The van der Waals surface area contributed by atoms with Crippen molar-refractivity contribution in [1.82, 2.24) is 0 Å². The number of anilines is 1. The van der Waals surface area contributed by atoms with E-state index in [-0.39, 0.29) is 10.8 Å². The van der Waals surface area contributed by atoms with Crippen LogP contribution < -0.4 is 5.32 Å². The first-order chi connectivity index (χ1) is 8.90. The van der Waals surface area contributed by atoms with Crippen molar-refractivity contribution in [2.45, 2.75) is 20.8 Å². The molecule has 0 fully saturated rings. The zero-order valence-corrected chi connectivity index (χ0v) is 12.4. The Balaban J connectivity index is 2.29. The van der Waals surface area contributed by atoms with Gasteiger partial charge in [-0.1, -0.05) is 0 Å². The van der Waals surface area contributed by atoms with Crippen LogP contribution >= 0.6 is 22.7 Å². The molecule has 0 spiro atoms. The normalized spacial score (nSPS) is 10.5. The van der Waals surface area contributed by atoms with Gasteiger partial charge in [0.25, 0.3) is 5.91 Å². The number of carboxylic acids is 1. The maximum Gasteiger partial charge on any atom is 0.348 e. The summed E-state index contributed by atoms with van der Waals surface area (Å²) in [5.41, 5.74) is 2.22. The van der Waals surface area contributed by atoms with E-state index < -0.39 is 5.97 Å². The molecule has 0 atom stereocenters. The number of carboxylic acid groups (broad SMARTS) is 1. The lowest BCUT2D eigenvalue weighted by atomic mass is 10.2. The van der Waals surface area contributed by atoms with E-state index in [0.29, 0.717) is 10.6 Å². The Labute approximate surface area is 118 Å². The van der Waals surface area contributed by atoms with Gasteiger partial charge in [0.05, 0.1) is 10.6 Å². The molecule has 2 aromatic heterocycles. The molecule has 19 heavy (non-hydrogen) atoms. The molecule has 0 bridgehead atoms. The molecule has 100 valence electrons. The van der Waals surface area contributed by atoms with E-state index in [4.69, 9.17) is 5.11 Å². The zero-order chi connectivity index (χ0) is 14.2. The number of amides is 1. The van der Waals surface area contributed by atoms with Crippen LogP contribution in [0.1, 0.15) is 35.3 Å². The molecule has 2 rings (SSSR count). The first-order valence-electron chi connectivity index (χ1n) is 5.60. The molecule has 2 heterocycles. The summed E-state index contributed by atoms with van der Waals surface area (Å²) in [4.78, 5) is 25.0. The van der Waals surface area contributed by atoms with Gasteiger partial charge in [-0.15, -0.1) is 22.7 Å². The molecule has 0 aliphatic carbocycles. The second-order valence-corrected chi connectivity index (χ2v) is 6.37. The molecule has 2 aromatic rings. The second kappa shape index (κ2) is 5.14. The van der Waals surface area contributed by atoms with E-state index in [1.54, 1.807) is 12.3 Å². The predicted octanol–water partition coefficient (Wildman–Crippen LogP) is 3.69. The highest BCUT2D eigenvalue weighted by molar-refractivity contribution is 7.14. The highest BCUT2D eigenvalue weighted by Crippen LogP contribution is 2.29. The highest BCUT2D eigenvalue weighted by atomic mass is 32.1. The van der Waals surface area contributed by atoms with Crippen molar-refractivity contribution in [3.8, 4) is 0 Å². The van der Waals surface area contributed by atoms with Gasteiger partial charge in [-0.3, -0.25) is 4.79 Å². The molecule has 6 heteroatoms. The quantitative estimate of drug-likeness (QED) is 0.907. The van der Waals surface area contributed by atoms with Crippen molar-refractivity contribution < 1.29 is 14.7 Å². The largest absolute Gasteiger partial charge is 0.477 e. The summed E-state index contributed by atoms with van der Waals surface area (Å²) in [6, 6.07) is 1.82. The van der Waals surface area contributed by atoms with E-state index in [1.165, 1.54) is 11.3 Å². The Morgan fingerprint density at radius 2 is 1.89 bits per heavy atom. The fourth-order valence-corrected chi connectivity index (χ4v) is 3.39. The first kappa shape index (κ1) is 13.8. The van der Waals surface area contributed by atoms with E-state index in [2.05, 4.69) is 5.32 Å². The minimum absolute atomic E-state index is 0.163. The van der Waals surface area contributed by atoms with Crippen molar-refractivity contribution >= 4 is 40.2 Å². The summed E-state index contributed by atoms with van der Waals surface area (Å²) in [5.74, 6) is -1.28. The zero-order valence-electron chi connectivity index (χ0n) is 10.7. The van der Waals surface area contributed by atoms with Crippen LogP contribution in [-0.4, -0.2) is 17.0 Å². The molecule has 0 aliphatic rings. The van der Waals surface area contributed by atoms with Crippen LogP contribution in [-0.2, 0) is 0 Å². The monoisotopic (exact) mass is 295 g/mol. The van der Waals surface area contributed by atoms with Gasteiger partial charge >= 0.3 is 5.97 Å². The summed E-state index contributed by atoms with van der Waals surface area (Å²) < 4.78 is 0. The third-order valence-corrected chi connectivity index (χ3v) is 5.03. The Morgan fingerprint density at radius 1 is 1.21 bits per heavy atom. The number of carbonyl (C=O) groups is 2. The van der Waals surface area contributed by atoms with E-state index in [9.17, 15) is 9.59 Å². The van der Waals surface area contributed by atoms with Crippen LogP contribution in [0.15, 0.2) is 11.4 Å². The molecule has 0 aromatic carbocycles. The molecule has 2 N–H and O–H groups in total. The van der Waals surface area contributed by atoms with Crippen molar-refractivity contribution in [3.63, 3.8) is 0 Å². The summed E-state index contributed by atoms with van der Waals surface area (Å²) in [6.07, 6.45) is 0. The summed E-state index contributed by atoms with van der Waals surface area (Å²) in [5, 5.41) is 13.5. The van der Waals surface area contributed by atoms with Gasteiger partial charge in [0.1, 0.15) is 4.88 Å². The van der Waals surface area contributed by atoms with Crippen molar-refractivity contribution in [2.75, 3.05) is 5.32 Å². The van der Waals surface area contributed by atoms with Crippen molar-refractivity contribution in [2.24, 2.45) is 0 Å². The van der Waals surface area contributed by atoms with Gasteiger partial charge in [-0.25, -0.2) is 4.79 Å². The number of hydrogen-bond donors (Lipinski definition) is 2. The second-order valence-electron chi connectivity index (χ2n) is 4.23. The molecule has 0 saturated heterocycles. The van der Waals surface area contributed by atoms with Gasteiger partial charge in [0.15, 0.2) is 0 Å². The SMILES string of the molecule is Cc1cc(C(=O)Nc2c(C)csc2C(=O)O)sc1C. The number of hydrogen-bond acceptors (Lipinski definition) is 4. The topological polar surface area (TPSA) is 66.4 Å². The average Bonchev–Trinajstić information content (AvgIpc) is 2.85. The molecular formula is C13H13NO3S2. The Hall–Kier alpha value is -1.66. The molecule has 0 unspecified atom stereocenters. The van der Waals surface area contributed by atoms with Gasteiger partial charge in [0.2, 0.25) is 0 Å². The molecule has 4 nitrogen and oxygen atoms in total. The average molecular weight is 295 g/mol. The standard InChI is InChI=1S/C13H13NO3S2/c1-6-4-9(19-8(6)3)12(15)14-10-7(2)5-18-11(10)13(16)17/h4-5H,1-3H3,(H,14,15)(H,16,17). The lowest BCUT2D eigenvalue weighted by Gasteiger charge is -2.04. The minimum atomic E-state index is -1.02. The number of carbonyl (C=O) groups excluding carboxylic acids is 1. The van der Waals surface area contributed by atoms with Crippen LogP contribution in [0.3, 0.4) is 0 Å². The minimum Gasteiger partial charge on any atom is -0.477 e. The van der Waals surface area contributed by atoms with Crippen molar-refractivity contribution in [1.29, 1.82) is 0 Å². The summed E-state index contributed by atoms with van der Waals surface area (Å²) >= 11 is 2.53. The van der Waals surface area contributed by atoms with Gasteiger partial charge in [0, 0.05) is 4.88 Å². The Morgan fingerprint density at radius 3 is 2.42 bits per heavy atom. The number of rotatable bonds is 3. The van der Waals surface area contributed by atoms with E-state index >= 15 is 0 Å². The van der Waals surface area contributed by atoms with Crippen molar-refractivity contribution in [3.05, 3.63) is 37.2 Å². The number of nitrogens with one attached hydrogen (secondary N) is 1. The van der Waals surface area contributed by atoms with Gasteiger partial charge in [-0.05, 0) is 43.3 Å². The molecule has 0 radical (unpaired) electrons. The van der Waals surface area contributed by atoms with Gasteiger partial charge < -0.3 is 10.4 Å². The number of thiophene rings is 2. The summed E-state index contributed by atoms with van der Waals surface area (Å²) in [6.45, 7) is 5.68. The molecular weight excluding hydrogens is 282 g/mol. The highest BCUT2D eigenvalue weighted by Gasteiger charge is 2.19. The van der Waals surface area contributed by atoms with E-state index in [0.717, 1.165) is 27.3 Å². The fraction of sp³-hybridized carbons (Fsp3) is 0.231. The fourth-order valence-electron chi connectivity index (χ4n) is 1.62. The van der Waals surface area contributed by atoms with Crippen LogP contribution in [0.2, 0.25) is 0 Å². The maximum atomic E-state index is 12.1. The summed E-state index contributed by atoms with van der Waals surface area (Å²) in [7, 11) is 0. The molecule has 0 aliphatic heterocycles. The number of aromatic carboxylic acids is 1. The Kier molecular flexibility index (Phi) is 3.73. The lowest BCUT2D eigenvalue weighted by Crippen LogP contribution is -2.12. The van der Waals surface area contributed by atoms with E-state index in [1.807, 2.05) is 19.9 Å². The molecule has 0 saturated carbocycles. The maximum absolute atomic E-state index is 12.1. The van der Waals surface area contributed by atoms with Gasteiger partial charge in [-0.2, -0.15) is 0 Å². The number of aryl methyl sites for hydroxylation is 3. The lowest BCUT2D eigenvalue weighted by molar-refractivity contribution is 0.0703. The predicted molar refractivity (Wildman–Crippen MR) is 77.8 cm³/mol. The first-order valence-corrected chi connectivity index (χ1v) is 7.29. The third-order valence-electron chi connectivity index (χ3n) is 2.80.